The van der Waals surface area contributed by atoms with Gasteiger partial charge in [-0.25, -0.2) is 4.79 Å². The van der Waals surface area contributed by atoms with Gasteiger partial charge in [0.25, 0.3) is 11.8 Å². The number of hydrogen-bond donors (Lipinski definition) is 3. The maximum absolute atomic E-state index is 13.2. The van der Waals surface area contributed by atoms with Crippen molar-refractivity contribution in [3.8, 4) is 5.75 Å². The maximum Gasteiger partial charge on any atom is 0.322 e. The molecule has 10 nitrogen and oxygen atoms in total. The average molecular weight is 472 g/mol. The topological polar surface area (TPSA) is 130 Å². The van der Waals surface area contributed by atoms with Crippen LogP contribution < -0.4 is 20.7 Å². The number of carbonyl (C=O) groups is 4. The number of rotatable bonds is 5. The minimum Gasteiger partial charge on any atom is -0.497 e. The Kier molecular flexibility index (Phi) is 4.47. The second-order valence-electron chi connectivity index (χ2n) is 8.74. The van der Waals surface area contributed by atoms with Crippen LogP contribution in [0.25, 0.3) is 16.7 Å². The number of hydrogen-bond acceptors (Lipinski definition) is 7. The van der Waals surface area contributed by atoms with Gasteiger partial charge in [-0.1, -0.05) is 6.07 Å². The highest BCUT2D eigenvalue weighted by Crippen LogP contribution is 2.35. The molecule has 4 heterocycles. The Morgan fingerprint density at radius 3 is 2.66 bits per heavy atom. The van der Waals surface area contributed by atoms with Crippen LogP contribution in [0.15, 0.2) is 53.0 Å². The van der Waals surface area contributed by atoms with E-state index in [0.29, 0.717) is 28.0 Å². The van der Waals surface area contributed by atoms with E-state index in [0.717, 1.165) is 11.1 Å². The van der Waals surface area contributed by atoms with Crippen molar-refractivity contribution in [1.29, 1.82) is 0 Å². The van der Waals surface area contributed by atoms with E-state index in [-0.39, 0.29) is 37.1 Å². The predicted octanol–water partition coefficient (Wildman–Crippen LogP) is 1.65. The number of ether oxygens (including phenoxy) is 1. The number of nitrogens with zero attached hydrogens (tertiary/aromatic N) is 1. The van der Waals surface area contributed by atoms with Crippen LogP contribution in [-0.2, 0) is 21.7 Å². The molecule has 0 radical (unpaired) electrons. The minimum atomic E-state index is -1.60. The largest absolute Gasteiger partial charge is 0.497 e. The molecule has 6 rings (SSSR count). The molecule has 1 saturated heterocycles. The van der Waals surface area contributed by atoms with Crippen molar-refractivity contribution in [3.63, 3.8) is 0 Å². The predicted molar refractivity (Wildman–Crippen MR) is 123 cm³/mol. The van der Waals surface area contributed by atoms with Crippen LogP contribution in [0.1, 0.15) is 27.2 Å². The third kappa shape index (κ3) is 3.25. The molecular formula is C25H20N4O6. The van der Waals surface area contributed by atoms with Gasteiger partial charge in [-0.3, -0.25) is 19.7 Å². The molecule has 2 aromatic carbocycles. The summed E-state index contributed by atoms with van der Waals surface area (Å²) in [6.45, 7) is 0.410. The van der Waals surface area contributed by atoms with E-state index in [2.05, 4.69) is 16.0 Å². The number of amides is 4. The SMILES string of the molecule is COc1ccc2c(c1)C(=O)N(CC1(c3cc4cc(C5=CC(=O)CN5)ccc4o3)NC(=O)NC1=O)C2. The molecule has 0 bridgehead atoms. The minimum absolute atomic E-state index is 0.00818. The lowest BCUT2D eigenvalue weighted by Gasteiger charge is -2.29. The highest BCUT2D eigenvalue weighted by molar-refractivity contribution is 6.08. The van der Waals surface area contributed by atoms with Crippen molar-refractivity contribution >= 4 is 40.3 Å². The molecule has 3 aromatic rings. The van der Waals surface area contributed by atoms with Gasteiger partial charge in [0, 0.05) is 29.3 Å². The Morgan fingerprint density at radius 1 is 1.09 bits per heavy atom. The molecule has 0 saturated carbocycles. The van der Waals surface area contributed by atoms with Crippen molar-refractivity contribution in [2.45, 2.75) is 12.1 Å². The number of fused-ring (bicyclic) bond motifs is 2. The first kappa shape index (κ1) is 21.0. The Bertz CT molecular complexity index is 1490. The molecule has 1 fully saturated rings. The van der Waals surface area contributed by atoms with E-state index < -0.39 is 17.5 Å². The first-order chi connectivity index (χ1) is 16.9. The molecule has 176 valence electrons. The second-order valence-corrected chi connectivity index (χ2v) is 8.74. The van der Waals surface area contributed by atoms with Crippen molar-refractivity contribution in [1.82, 2.24) is 20.9 Å². The van der Waals surface area contributed by atoms with Crippen molar-refractivity contribution in [3.05, 3.63) is 71.0 Å². The van der Waals surface area contributed by atoms with Crippen LogP contribution in [0.4, 0.5) is 4.79 Å². The van der Waals surface area contributed by atoms with Crippen LogP contribution in [0, 0.1) is 0 Å². The normalized spacial score (nSPS) is 21.2. The summed E-state index contributed by atoms with van der Waals surface area (Å²) in [6.07, 6.45) is 1.54. The van der Waals surface area contributed by atoms with E-state index in [1.165, 1.54) is 12.0 Å². The molecule has 3 N–H and O–H groups in total. The van der Waals surface area contributed by atoms with Crippen molar-refractivity contribution < 1.29 is 28.3 Å². The van der Waals surface area contributed by atoms with Gasteiger partial charge in [0.05, 0.1) is 20.2 Å². The first-order valence-electron chi connectivity index (χ1n) is 11.0. The fraction of sp³-hybridized carbons (Fsp3) is 0.200. The Labute approximate surface area is 198 Å². The van der Waals surface area contributed by atoms with Gasteiger partial charge < -0.3 is 24.7 Å². The number of urea groups is 1. The molecular weight excluding hydrogens is 452 g/mol. The smallest absolute Gasteiger partial charge is 0.322 e. The van der Waals surface area contributed by atoms with Crippen molar-refractivity contribution in [2.24, 2.45) is 0 Å². The molecule has 3 aliphatic heterocycles. The van der Waals surface area contributed by atoms with Crippen LogP contribution in [0.5, 0.6) is 5.75 Å². The zero-order valence-corrected chi connectivity index (χ0v) is 18.6. The summed E-state index contributed by atoms with van der Waals surface area (Å²) in [5, 5.41) is 8.70. The summed E-state index contributed by atoms with van der Waals surface area (Å²) in [5.41, 5.74) is 1.70. The number of imide groups is 1. The van der Waals surface area contributed by atoms with Crippen LogP contribution in [0.2, 0.25) is 0 Å². The number of ketones is 1. The summed E-state index contributed by atoms with van der Waals surface area (Å²) in [4.78, 5) is 51.6. The van der Waals surface area contributed by atoms with E-state index in [1.807, 2.05) is 12.1 Å². The standard InChI is InChI=1S/C25H20N4O6/c1-34-17-4-2-14-11-29(22(31)18(14)9-17)12-25(23(32)27-24(33)28-25)21-7-15-6-13(3-5-20(15)35-21)19-8-16(30)10-26-19/h2-9,26H,10-12H2,1H3,(H2,27,28,32,33). The number of furan rings is 1. The lowest BCUT2D eigenvalue weighted by atomic mass is 9.95. The summed E-state index contributed by atoms with van der Waals surface area (Å²) in [5.74, 6) is -0.115. The molecule has 1 aromatic heterocycles. The van der Waals surface area contributed by atoms with Gasteiger partial charge in [0.15, 0.2) is 11.3 Å². The third-order valence-electron chi connectivity index (χ3n) is 6.57. The Balaban J connectivity index is 1.37. The van der Waals surface area contributed by atoms with E-state index in [9.17, 15) is 19.2 Å². The fourth-order valence-electron chi connectivity index (χ4n) is 4.79. The van der Waals surface area contributed by atoms with E-state index in [1.54, 1.807) is 36.4 Å². The van der Waals surface area contributed by atoms with Crippen LogP contribution in [0.3, 0.4) is 0 Å². The number of benzene rings is 2. The highest BCUT2D eigenvalue weighted by atomic mass is 16.5. The number of methoxy groups -OCH3 is 1. The molecule has 0 aliphatic carbocycles. The molecule has 1 unspecified atom stereocenters. The summed E-state index contributed by atoms with van der Waals surface area (Å²) in [7, 11) is 1.52. The molecule has 3 aliphatic rings. The van der Waals surface area contributed by atoms with Gasteiger partial charge in [-0.2, -0.15) is 0 Å². The van der Waals surface area contributed by atoms with Crippen LogP contribution >= 0.6 is 0 Å². The summed E-state index contributed by atoms with van der Waals surface area (Å²) < 4.78 is 11.3. The van der Waals surface area contributed by atoms with Crippen molar-refractivity contribution in [2.75, 3.05) is 20.2 Å². The lowest BCUT2D eigenvalue weighted by molar-refractivity contribution is -0.125. The van der Waals surface area contributed by atoms with E-state index in [4.69, 9.17) is 9.15 Å². The Hall–Kier alpha value is -4.60. The zero-order valence-electron chi connectivity index (χ0n) is 18.6. The fourth-order valence-corrected chi connectivity index (χ4v) is 4.79. The number of carbonyl (C=O) groups excluding carboxylic acids is 4. The molecule has 35 heavy (non-hydrogen) atoms. The molecule has 0 spiro atoms. The molecule has 4 amide bonds. The third-order valence-corrected chi connectivity index (χ3v) is 6.57. The first-order valence-corrected chi connectivity index (χ1v) is 11.0. The van der Waals surface area contributed by atoms with Gasteiger partial charge in [-0.15, -0.1) is 0 Å². The number of nitrogens with one attached hydrogen (secondary N) is 3. The van der Waals surface area contributed by atoms with Crippen LogP contribution in [-0.4, -0.2) is 48.7 Å². The van der Waals surface area contributed by atoms with Gasteiger partial charge >= 0.3 is 6.03 Å². The average Bonchev–Trinajstić information content (AvgIpc) is 3.60. The second kappa shape index (κ2) is 7.45. The monoisotopic (exact) mass is 472 g/mol. The van der Waals surface area contributed by atoms with Gasteiger partial charge in [0.2, 0.25) is 0 Å². The van der Waals surface area contributed by atoms with E-state index >= 15 is 0 Å². The maximum atomic E-state index is 13.2. The molecule has 1 atom stereocenters. The zero-order chi connectivity index (χ0) is 24.3. The van der Waals surface area contributed by atoms with Gasteiger partial charge in [0.1, 0.15) is 17.1 Å². The highest BCUT2D eigenvalue weighted by Gasteiger charge is 2.53. The summed E-state index contributed by atoms with van der Waals surface area (Å²) in [6, 6.07) is 11.6. The lowest BCUT2D eigenvalue weighted by Crippen LogP contribution is -2.52. The Morgan fingerprint density at radius 2 is 1.94 bits per heavy atom. The summed E-state index contributed by atoms with van der Waals surface area (Å²) >= 11 is 0. The quantitative estimate of drug-likeness (QED) is 0.482. The van der Waals surface area contributed by atoms with Gasteiger partial charge in [-0.05, 0) is 47.5 Å². The molecule has 10 heteroatoms.